The van der Waals surface area contributed by atoms with Gasteiger partial charge in [0.25, 0.3) is 0 Å². The molecule has 2 aliphatic carbocycles. The van der Waals surface area contributed by atoms with Crippen molar-refractivity contribution in [2.24, 2.45) is 16.2 Å². The van der Waals surface area contributed by atoms with E-state index in [0.717, 1.165) is 12.8 Å². The lowest BCUT2D eigenvalue weighted by molar-refractivity contribution is -0.178. The van der Waals surface area contributed by atoms with Gasteiger partial charge < -0.3 is 5.32 Å². The van der Waals surface area contributed by atoms with Crippen LogP contribution in [0.25, 0.3) is 0 Å². The van der Waals surface area contributed by atoms with Crippen molar-refractivity contribution in [1.82, 2.24) is 10.2 Å². The maximum absolute atomic E-state index is 13.1. The lowest BCUT2D eigenvalue weighted by Gasteiger charge is -2.55. The SMILES string of the molecule is CN1C(=O)C2(C)CC(C)(C(=O)NC3CCCCC3)CC(C)(C2)C1=O. The second kappa shape index (κ2) is 5.57. The predicted molar refractivity (Wildman–Crippen MR) is 91.0 cm³/mol. The Morgan fingerprint density at radius 2 is 1.46 bits per heavy atom. The van der Waals surface area contributed by atoms with Gasteiger partial charge in [0.05, 0.1) is 0 Å². The van der Waals surface area contributed by atoms with Crippen LogP contribution in [0.2, 0.25) is 0 Å². The molecule has 3 fully saturated rings. The van der Waals surface area contributed by atoms with Gasteiger partial charge in [-0.2, -0.15) is 0 Å². The van der Waals surface area contributed by atoms with Crippen LogP contribution in [-0.4, -0.2) is 35.7 Å². The molecule has 2 saturated carbocycles. The molecule has 5 nitrogen and oxygen atoms in total. The molecular weight excluding hydrogens is 304 g/mol. The smallest absolute Gasteiger partial charge is 0.234 e. The van der Waals surface area contributed by atoms with Crippen molar-refractivity contribution in [3.8, 4) is 0 Å². The van der Waals surface area contributed by atoms with E-state index in [9.17, 15) is 14.4 Å². The molecule has 1 N–H and O–H groups in total. The first-order valence-electron chi connectivity index (χ1n) is 9.23. The zero-order chi connectivity index (χ0) is 17.8. The monoisotopic (exact) mass is 334 g/mol. The first-order chi connectivity index (χ1) is 11.1. The summed E-state index contributed by atoms with van der Waals surface area (Å²) >= 11 is 0. The van der Waals surface area contributed by atoms with E-state index in [1.165, 1.54) is 24.2 Å². The second-order valence-electron chi connectivity index (χ2n) is 9.19. The van der Waals surface area contributed by atoms with Crippen molar-refractivity contribution in [2.45, 2.75) is 78.2 Å². The van der Waals surface area contributed by atoms with Gasteiger partial charge in [-0.05, 0) is 32.1 Å². The van der Waals surface area contributed by atoms with E-state index in [1.54, 1.807) is 7.05 Å². The van der Waals surface area contributed by atoms with Gasteiger partial charge in [-0.1, -0.05) is 40.0 Å². The summed E-state index contributed by atoms with van der Waals surface area (Å²) in [7, 11) is 1.57. The maximum atomic E-state index is 13.1. The number of rotatable bonds is 2. The third-order valence-electron chi connectivity index (χ3n) is 6.47. The average molecular weight is 334 g/mol. The number of carbonyl (C=O) groups is 3. The van der Waals surface area contributed by atoms with Crippen LogP contribution < -0.4 is 5.32 Å². The van der Waals surface area contributed by atoms with E-state index < -0.39 is 16.2 Å². The van der Waals surface area contributed by atoms with Crippen molar-refractivity contribution >= 4 is 17.7 Å². The summed E-state index contributed by atoms with van der Waals surface area (Å²) in [5, 5.41) is 3.22. The molecule has 3 rings (SSSR count). The fourth-order valence-corrected chi connectivity index (χ4v) is 5.74. The van der Waals surface area contributed by atoms with E-state index in [4.69, 9.17) is 0 Å². The Bertz CT molecular complexity index is 551. The molecule has 1 saturated heterocycles. The molecule has 1 aliphatic heterocycles. The zero-order valence-corrected chi connectivity index (χ0v) is 15.4. The van der Waals surface area contributed by atoms with Crippen molar-refractivity contribution < 1.29 is 14.4 Å². The molecule has 2 unspecified atom stereocenters. The summed E-state index contributed by atoms with van der Waals surface area (Å²) in [6.07, 6.45) is 7.24. The Balaban J connectivity index is 1.84. The molecule has 5 heteroatoms. The van der Waals surface area contributed by atoms with Crippen LogP contribution >= 0.6 is 0 Å². The molecule has 0 aromatic carbocycles. The Kier molecular flexibility index (Phi) is 4.04. The van der Waals surface area contributed by atoms with E-state index in [0.29, 0.717) is 19.3 Å². The lowest BCUT2D eigenvalue weighted by atomic mass is 9.51. The summed E-state index contributed by atoms with van der Waals surface area (Å²) in [5.74, 6) is -0.251. The highest BCUT2D eigenvalue weighted by atomic mass is 16.2. The predicted octanol–water partition coefficient (Wildman–Crippen LogP) is 2.64. The molecule has 0 radical (unpaired) electrons. The normalized spacial score (nSPS) is 40.6. The van der Waals surface area contributed by atoms with Crippen LogP contribution in [0.5, 0.6) is 0 Å². The highest BCUT2D eigenvalue weighted by Crippen LogP contribution is 2.58. The van der Waals surface area contributed by atoms with E-state index in [1.807, 2.05) is 20.8 Å². The summed E-state index contributed by atoms with van der Waals surface area (Å²) in [4.78, 5) is 39.7. The number of amides is 3. The summed E-state index contributed by atoms with van der Waals surface area (Å²) in [6, 6.07) is 0.250. The van der Waals surface area contributed by atoms with E-state index in [-0.39, 0.29) is 23.8 Å². The number of nitrogens with one attached hydrogen (secondary N) is 1. The van der Waals surface area contributed by atoms with Gasteiger partial charge in [0, 0.05) is 29.3 Å². The van der Waals surface area contributed by atoms with Crippen LogP contribution in [0.1, 0.15) is 72.1 Å². The number of imide groups is 1. The lowest BCUT2D eigenvalue weighted by Crippen LogP contribution is -2.64. The topological polar surface area (TPSA) is 66.5 Å². The van der Waals surface area contributed by atoms with Gasteiger partial charge in [-0.3, -0.25) is 19.3 Å². The summed E-state index contributed by atoms with van der Waals surface area (Å²) in [6.45, 7) is 5.77. The molecule has 24 heavy (non-hydrogen) atoms. The van der Waals surface area contributed by atoms with Crippen molar-refractivity contribution in [2.75, 3.05) is 7.05 Å². The minimum Gasteiger partial charge on any atom is -0.353 e. The van der Waals surface area contributed by atoms with Gasteiger partial charge in [0.2, 0.25) is 17.7 Å². The van der Waals surface area contributed by atoms with Crippen LogP contribution in [0.4, 0.5) is 0 Å². The molecule has 0 spiro atoms. The quantitative estimate of drug-likeness (QED) is 0.790. The maximum Gasteiger partial charge on any atom is 0.234 e. The Labute approximate surface area is 144 Å². The van der Waals surface area contributed by atoms with Gasteiger partial charge in [0.15, 0.2) is 0 Å². The van der Waals surface area contributed by atoms with E-state index in [2.05, 4.69) is 5.32 Å². The fourth-order valence-electron chi connectivity index (χ4n) is 5.74. The molecule has 0 aromatic heterocycles. The van der Waals surface area contributed by atoms with Gasteiger partial charge in [-0.25, -0.2) is 0 Å². The first kappa shape index (κ1) is 17.4. The second-order valence-corrected chi connectivity index (χ2v) is 9.19. The average Bonchev–Trinajstić information content (AvgIpc) is 2.51. The van der Waals surface area contributed by atoms with Crippen LogP contribution in [0.3, 0.4) is 0 Å². The molecule has 0 aromatic rings. The first-order valence-corrected chi connectivity index (χ1v) is 9.23. The van der Waals surface area contributed by atoms with Crippen molar-refractivity contribution in [3.63, 3.8) is 0 Å². The molecule has 3 amide bonds. The van der Waals surface area contributed by atoms with Crippen molar-refractivity contribution in [1.29, 1.82) is 0 Å². The van der Waals surface area contributed by atoms with Crippen LogP contribution in [-0.2, 0) is 14.4 Å². The number of piperidine rings is 1. The minimum absolute atomic E-state index is 0.0247. The number of likely N-dealkylation sites (tertiary alicyclic amines) is 1. The molecular formula is C19H30N2O3. The summed E-state index contributed by atoms with van der Waals surface area (Å²) < 4.78 is 0. The molecule has 134 valence electrons. The van der Waals surface area contributed by atoms with Crippen LogP contribution in [0.15, 0.2) is 0 Å². The standard InChI is InChI=1S/C19H30N2O3/c1-17(14(22)20-13-8-6-5-7-9-13)10-18(2)12-19(3,11-17)16(24)21(4)15(18)23/h13H,5-12H2,1-4H3,(H,20,22). The van der Waals surface area contributed by atoms with Gasteiger partial charge in [0.1, 0.15) is 0 Å². The third kappa shape index (κ3) is 2.66. The van der Waals surface area contributed by atoms with Gasteiger partial charge in [-0.15, -0.1) is 0 Å². The number of nitrogens with zero attached hydrogens (tertiary/aromatic N) is 1. The Morgan fingerprint density at radius 3 is 1.96 bits per heavy atom. The Morgan fingerprint density at radius 1 is 0.958 bits per heavy atom. The minimum atomic E-state index is -0.661. The van der Waals surface area contributed by atoms with Crippen LogP contribution in [0, 0.1) is 16.2 Å². The highest BCUT2D eigenvalue weighted by Gasteiger charge is 2.62. The number of fused-ring (bicyclic) bond motifs is 2. The molecule has 1 heterocycles. The number of hydrogen-bond donors (Lipinski definition) is 1. The van der Waals surface area contributed by atoms with E-state index >= 15 is 0 Å². The fraction of sp³-hybridized carbons (Fsp3) is 0.842. The summed E-state index contributed by atoms with van der Waals surface area (Å²) in [5.41, 5.74) is -1.92. The van der Waals surface area contributed by atoms with Crippen molar-refractivity contribution in [3.05, 3.63) is 0 Å². The molecule has 3 aliphatic rings. The zero-order valence-electron chi connectivity index (χ0n) is 15.4. The Hall–Kier alpha value is -1.39. The number of hydrogen-bond acceptors (Lipinski definition) is 3. The third-order valence-corrected chi connectivity index (χ3v) is 6.47. The highest BCUT2D eigenvalue weighted by molar-refractivity contribution is 6.04. The largest absolute Gasteiger partial charge is 0.353 e. The molecule has 2 bridgehead atoms. The van der Waals surface area contributed by atoms with Gasteiger partial charge >= 0.3 is 0 Å². The number of carbonyl (C=O) groups excluding carboxylic acids is 3. The molecule has 2 atom stereocenters.